The van der Waals surface area contributed by atoms with E-state index in [2.05, 4.69) is 35.6 Å². The van der Waals surface area contributed by atoms with E-state index in [-0.39, 0.29) is 17.7 Å². The summed E-state index contributed by atoms with van der Waals surface area (Å²) in [6.45, 7) is 2.85. The number of carbonyl (C=O) groups is 2. The smallest absolute Gasteiger partial charge is 0.229 e. The van der Waals surface area contributed by atoms with Gasteiger partial charge in [0.05, 0.1) is 5.92 Å². The Bertz CT molecular complexity index is 1020. The van der Waals surface area contributed by atoms with Crippen molar-refractivity contribution in [1.29, 1.82) is 0 Å². The molecule has 3 aromatic rings. The summed E-state index contributed by atoms with van der Waals surface area (Å²) in [5.74, 6) is 1.07. The summed E-state index contributed by atoms with van der Waals surface area (Å²) in [5.41, 5.74) is 1.39. The van der Waals surface area contributed by atoms with Crippen molar-refractivity contribution in [1.82, 2.24) is 24.7 Å². The maximum absolute atomic E-state index is 12.8. The van der Waals surface area contributed by atoms with Crippen LogP contribution in [0.25, 0.3) is 5.82 Å². The van der Waals surface area contributed by atoms with Crippen LogP contribution in [0.1, 0.15) is 19.8 Å². The van der Waals surface area contributed by atoms with E-state index < -0.39 is 0 Å². The van der Waals surface area contributed by atoms with Crippen LogP contribution in [0, 0.1) is 5.92 Å². The van der Waals surface area contributed by atoms with Crippen LogP contribution in [0.2, 0.25) is 0 Å². The average Bonchev–Trinajstić information content (AvgIpc) is 3.30. The van der Waals surface area contributed by atoms with Gasteiger partial charge in [0.2, 0.25) is 11.8 Å². The molecule has 1 unspecified atom stereocenters. The van der Waals surface area contributed by atoms with Crippen molar-refractivity contribution in [3.05, 3.63) is 49.3 Å². The van der Waals surface area contributed by atoms with Crippen molar-refractivity contribution in [3.63, 3.8) is 0 Å². The van der Waals surface area contributed by atoms with E-state index in [0.717, 1.165) is 25.2 Å². The standard InChI is InChI=1S/C20H22N8O2/c1-14(29)25-16-4-6-17(7-5-16)26-20(30)15-3-2-8-27(10-15)18-9-19(23-12-22-18)28-13-21-11-24-28/h4-7,9,11-13,15H,2-3,8,10H2,1H3,(H,25,29)(H,26,30). The van der Waals surface area contributed by atoms with Gasteiger partial charge in [-0.05, 0) is 37.1 Å². The number of aromatic nitrogens is 5. The highest BCUT2D eigenvalue weighted by Gasteiger charge is 2.27. The van der Waals surface area contributed by atoms with E-state index in [1.165, 1.54) is 19.6 Å². The van der Waals surface area contributed by atoms with Crippen LogP contribution >= 0.6 is 0 Å². The Morgan fingerprint density at radius 1 is 1.03 bits per heavy atom. The molecule has 0 bridgehead atoms. The van der Waals surface area contributed by atoms with Crippen molar-refractivity contribution in [2.75, 3.05) is 28.6 Å². The van der Waals surface area contributed by atoms with Gasteiger partial charge in [-0.1, -0.05) is 0 Å². The Hall–Kier alpha value is -3.82. The second-order valence-corrected chi connectivity index (χ2v) is 7.11. The zero-order chi connectivity index (χ0) is 20.9. The number of hydrogen-bond donors (Lipinski definition) is 2. The van der Waals surface area contributed by atoms with Crippen LogP contribution in [-0.2, 0) is 9.59 Å². The minimum atomic E-state index is -0.154. The fourth-order valence-electron chi connectivity index (χ4n) is 3.45. The van der Waals surface area contributed by atoms with E-state index >= 15 is 0 Å². The molecule has 1 fully saturated rings. The Kier molecular flexibility index (Phi) is 5.64. The fraction of sp³-hybridized carbons (Fsp3) is 0.300. The second-order valence-electron chi connectivity index (χ2n) is 7.11. The van der Waals surface area contributed by atoms with Gasteiger partial charge in [-0.15, -0.1) is 0 Å². The molecule has 2 amide bonds. The largest absolute Gasteiger partial charge is 0.356 e. The van der Waals surface area contributed by atoms with Crippen LogP contribution < -0.4 is 15.5 Å². The molecule has 4 rings (SSSR count). The zero-order valence-electron chi connectivity index (χ0n) is 16.5. The normalized spacial score (nSPS) is 16.2. The maximum atomic E-state index is 12.8. The van der Waals surface area contributed by atoms with E-state index in [1.54, 1.807) is 35.3 Å². The highest BCUT2D eigenvalue weighted by molar-refractivity contribution is 5.94. The summed E-state index contributed by atoms with van der Waals surface area (Å²) in [5, 5.41) is 9.77. The predicted octanol–water partition coefficient (Wildman–Crippen LogP) is 1.87. The van der Waals surface area contributed by atoms with E-state index in [1.807, 2.05) is 6.07 Å². The van der Waals surface area contributed by atoms with Crippen molar-refractivity contribution in [3.8, 4) is 5.82 Å². The number of nitrogens with one attached hydrogen (secondary N) is 2. The number of hydrogen-bond acceptors (Lipinski definition) is 7. The third-order valence-corrected chi connectivity index (χ3v) is 4.88. The van der Waals surface area contributed by atoms with Crippen LogP contribution in [0.4, 0.5) is 17.2 Å². The molecular weight excluding hydrogens is 384 g/mol. The first-order valence-corrected chi connectivity index (χ1v) is 9.69. The number of nitrogens with zero attached hydrogens (tertiary/aromatic N) is 6. The highest BCUT2D eigenvalue weighted by Crippen LogP contribution is 2.24. The van der Waals surface area contributed by atoms with Gasteiger partial charge in [0.1, 0.15) is 24.8 Å². The van der Waals surface area contributed by atoms with Crippen LogP contribution in [0.5, 0.6) is 0 Å². The molecule has 10 heteroatoms. The molecule has 0 aliphatic carbocycles. The molecule has 1 aromatic carbocycles. The van der Waals surface area contributed by atoms with E-state index in [4.69, 9.17) is 0 Å². The fourth-order valence-corrected chi connectivity index (χ4v) is 3.45. The molecule has 1 aliphatic rings. The lowest BCUT2D eigenvalue weighted by Crippen LogP contribution is -2.41. The Morgan fingerprint density at radius 2 is 1.77 bits per heavy atom. The minimum Gasteiger partial charge on any atom is -0.356 e. The van der Waals surface area contributed by atoms with E-state index in [0.29, 0.717) is 23.7 Å². The van der Waals surface area contributed by atoms with Crippen LogP contribution in [-0.4, -0.2) is 49.6 Å². The second kappa shape index (κ2) is 8.68. The number of rotatable bonds is 5. The molecule has 154 valence electrons. The first kappa shape index (κ1) is 19.5. The number of benzene rings is 1. The SMILES string of the molecule is CC(=O)Nc1ccc(NC(=O)C2CCCN(c3cc(-n4cncn4)ncn3)C2)cc1. The Morgan fingerprint density at radius 3 is 2.47 bits per heavy atom. The highest BCUT2D eigenvalue weighted by atomic mass is 16.2. The third-order valence-electron chi connectivity index (χ3n) is 4.88. The summed E-state index contributed by atoms with van der Waals surface area (Å²) in [7, 11) is 0. The van der Waals surface area contributed by atoms with Crippen LogP contribution in [0.3, 0.4) is 0 Å². The monoisotopic (exact) mass is 406 g/mol. The Balaban J connectivity index is 1.40. The van der Waals surface area contributed by atoms with Gasteiger partial charge in [0.25, 0.3) is 0 Å². The molecule has 10 nitrogen and oxygen atoms in total. The Labute approximate surface area is 173 Å². The molecule has 1 aliphatic heterocycles. The summed E-state index contributed by atoms with van der Waals surface area (Å²) in [4.78, 5) is 38.5. The summed E-state index contributed by atoms with van der Waals surface area (Å²) >= 11 is 0. The van der Waals surface area contributed by atoms with Crippen LogP contribution in [0.15, 0.2) is 49.3 Å². The van der Waals surface area contributed by atoms with Crippen molar-refractivity contribution in [2.24, 2.45) is 5.92 Å². The first-order valence-electron chi connectivity index (χ1n) is 9.69. The lowest BCUT2D eigenvalue weighted by Gasteiger charge is -2.32. The lowest BCUT2D eigenvalue weighted by molar-refractivity contribution is -0.120. The van der Waals surface area contributed by atoms with Crippen molar-refractivity contribution >= 4 is 29.0 Å². The van der Waals surface area contributed by atoms with Gasteiger partial charge >= 0.3 is 0 Å². The van der Waals surface area contributed by atoms with Crippen molar-refractivity contribution < 1.29 is 9.59 Å². The zero-order valence-corrected chi connectivity index (χ0v) is 16.5. The van der Waals surface area contributed by atoms with E-state index in [9.17, 15) is 9.59 Å². The topological polar surface area (TPSA) is 118 Å². The molecule has 0 saturated carbocycles. The number of amides is 2. The van der Waals surface area contributed by atoms with Gasteiger partial charge in [-0.25, -0.2) is 19.6 Å². The molecule has 30 heavy (non-hydrogen) atoms. The summed E-state index contributed by atoms with van der Waals surface area (Å²) in [6, 6.07) is 8.92. The predicted molar refractivity (Wildman–Crippen MR) is 111 cm³/mol. The number of anilines is 3. The van der Waals surface area contributed by atoms with Gasteiger partial charge in [0, 0.05) is 37.5 Å². The molecule has 2 aromatic heterocycles. The number of piperidine rings is 1. The van der Waals surface area contributed by atoms with Gasteiger partial charge in [0.15, 0.2) is 5.82 Å². The lowest BCUT2D eigenvalue weighted by atomic mass is 9.97. The van der Waals surface area contributed by atoms with Crippen molar-refractivity contribution in [2.45, 2.75) is 19.8 Å². The first-order chi connectivity index (χ1) is 14.6. The van der Waals surface area contributed by atoms with Gasteiger partial charge < -0.3 is 15.5 Å². The molecular formula is C20H22N8O2. The molecule has 1 atom stereocenters. The van der Waals surface area contributed by atoms with Gasteiger partial charge in [-0.3, -0.25) is 9.59 Å². The quantitative estimate of drug-likeness (QED) is 0.664. The van der Waals surface area contributed by atoms with Gasteiger partial charge in [-0.2, -0.15) is 5.10 Å². The average molecular weight is 406 g/mol. The molecule has 2 N–H and O–H groups in total. The molecule has 1 saturated heterocycles. The molecule has 0 spiro atoms. The summed E-state index contributed by atoms with van der Waals surface area (Å²) in [6.07, 6.45) is 6.23. The minimum absolute atomic E-state index is 0.0301. The summed E-state index contributed by atoms with van der Waals surface area (Å²) < 4.78 is 1.57. The number of carbonyl (C=O) groups excluding carboxylic acids is 2. The maximum Gasteiger partial charge on any atom is 0.229 e. The molecule has 3 heterocycles. The molecule has 0 radical (unpaired) electrons. The third kappa shape index (κ3) is 4.59.